The van der Waals surface area contributed by atoms with E-state index in [9.17, 15) is 13.2 Å². The second-order valence-electron chi connectivity index (χ2n) is 6.76. The van der Waals surface area contributed by atoms with Crippen molar-refractivity contribution in [2.45, 2.75) is 63.4 Å². The standard InChI is InChI=1S/C17H24N2O3S/c1-4-11(2)18-23(21,22)15-7-8-16-14(10-15)9-12(3)19(16)17(20)13-5-6-13/h7-8,10-13,18H,4-6,9H2,1-3H3/t11-,12-/m1/s1. The Hall–Kier alpha value is -1.40. The number of nitrogens with zero attached hydrogens (tertiary/aromatic N) is 1. The van der Waals surface area contributed by atoms with E-state index in [4.69, 9.17) is 0 Å². The summed E-state index contributed by atoms with van der Waals surface area (Å²) in [6.07, 6.45) is 3.40. The normalized spacial score (nSPS) is 22.0. The Morgan fingerprint density at radius 1 is 1.39 bits per heavy atom. The van der Waals surface area contributed by atoms with Gasteiger partial charge in [0.2, 0.25) is 15.9 Å². The summed E-state index contributed by atoms with van der Waals surface area (Å²) in [5, 5.41) is 0. The molecular formula is C17H24N2O3S. The fraction of sp³-hybridized carbons (Fsp3) is 0.588. The third kappa shape index (κ3) is 3.15. The highest BCUT2D eigenvalue weighted by Gasteiger charge is 2.39. The largest absolute Gasteiger partial charge is 0.309 e. The summed E-state index contributed by atoms with van der Waals surface area (Å²) >= 11 is 0. The number of carbonyl (C=O) groups is 1. The van der Waals surface area contributed by atoms with Gasteiger partial charge in [0.25, 0.3) is 0 Å². The molecule has 1 aliphatic carbocycles. The Morgan fingerprint density at radius 3 is 2.70 bits per heavy atom. The predicted molar refractivity (Wildman–Crippen MR) is 89.9 cm³/mol. The summed E-state index contributed by atoms with van der Waals surface area (Å²) in [5.74, 6) is 0.350. The van der Waals surface area contributed by atoms with Crippen molar-refractivity contribution in [3.8, 4) is 0 Å². The van der Waals surface area contributed by atoms with Gasteiger partial charge in [-0.15, -0.1) is 0 Å². The molecule has 1 saturated carbocycles. The van der Waals surface area contributed by atoms with Crippen LogP contribution < -0.4 is 9.62 Å². The van der Waals surface area contributed by atoms with Gasteiger partial charge in [-0.1, -0.05) is 6.92 Å². The number of amides is 1. The van der Waals surface area contributed by atoms with Gasteiger partial charge in [-0.2, -0.15) is 0 Å². The summed E-state index contributed by atoms with van der Waals surface area (Å²) in [6, 6.07) is 5.11. The third-order valence-corrected chi connectivity index (χ3v) is 6.30. The lowest BCUT2D eigenvalue weighted by molar-refractivity contribution is -0.120. The zero-order valence-corrected chi connectivity index (χ0v) is 14.7. The van der Waals surface area contributed by atoms with Crippen molar-refractivity contribution in [1.29, 1.82) is 0 Å². The number of carbonyl (C=O) groups excluding carboxylic acids is 1. The third-order valence-electron chi connectivity index (χ3n) is 4.71. The number of sulfonamides is 1. The average molecular weight is 336 g/mol. The molecule has 0 aromatic heterocycles. The summed E-state index contributed by atoms with van der Waals surface area (Å²) < 4.78 is 27.5. The lowest BCUT2D eigenvalue weighted by Crippen LogP contribution is -2.36. The van der Waals surface area contributed by atoms with Gasteiger partial charge in [-0.25, -0.2) is 13.1 Å². The molecular weight excluding hydrogens is 312 g/mol. The lowest BCUT2D eigenvalue weighted by Gasteiger charge is -2.22. The highest BCUT2D eigenvalue weighted by molar-refractivity contribution is 7.89. The van der Waals surface area contributed by atoms with Crippen LogP contribution in [0.5, 0.6) is 0 Å². The summed E-state index contributed by atoms with van der Waals surface area (Å²) in [7, 11) is -3.51. The monoisotopic (exact) mass is 336 g/mol. The van der Waals surface area contributed by atoms with Crippen molar-refractivity contribution >= 4 is 21.6 Å². The molecule has 2 aliphatic rings. The molecule has 0 bridgehead atoms. The number of rotatable bonds is 5. The van der Waals surface area contributed by atoms with Gasteiger partial charge in [-0.3, -0.25) is 4.79 Å². The second kappa shape index (κ2) is 5.91. The zero-order valence-electron chi connectivity index (χ0n) is 13.9. The fourth-order valence-corrected chi connectivity index (χ4v) is 4.43. The maximum absolute atomic E-state index is 12.4. The van der Waals surface area contributed by atoms with Gasteiger partial charge in [0.1, 0.15) is 0 Å². The van der Waals surface area contributed by atoms with Crippen molar-refractivity contribution in [3.05, 3.63) is 23.8 Å². The molecule has 5 nitrogen and oxygen atoms in total. The van der Waals surface area contributed by atoms with Crippen LogP contribution in [0.25, 0.3) is 0 Å². The van der Waals surface area contributed by atoms with Gasteiger partial charge in [-0.05, 0) is 63.3 Å². The van der Waals surface area contributed by atoms with Crippen LogP contribution in [0.4, 0.5) is 5.69 Å². The highest BCUT2D eigenvalue weighted by Crippen LogP contribution is 2.39. The van der Waals surface area contributed by atoms with E-state index >= 15 is 0 Å². The van der Waals surface area contributed by atoms with Crippen LogP contribution in [0.3, 0.4) is 0 Å². The molecule has 23 heavy (non-hydrogen) atoms. The Bertz CT molecular complexity index is 725. The van der Waals surface area contributed by atoms with E-state index in [1.165, 1.54) is 0 Å². The second-order valence-corrected chi connectivity index (χ2v) is 8.47. The maximum atomic E-state index is 12.4. The SMILES string of the molecule is CC[C@@H](C)NS(=O)(=O)c1ccc2c(c1)C[C@@H](C)N2C(=O)C1CC1. The number of fused-ring (bicyclic) bond motifs is 1. The predicted octanol–water partition coefficient (Wildman–Crippen LogP) is 2.45. The van der Waals surface area contributed by atoms with Crippen LogP contribution in [-0.4, -0.2) is 26.4 Å². The topological polar surface area (TPSA) is 66.5 Å². The van der Waals surface area contributed by atoms with Crippen LogP contribution in [0.2, 0.25) is 0 Å². The van der Waals surface area contributed by atoms with Crippen molar-refractivity contribution in [2.75, 3.05) is 4.90 Å². The Morgan fingerprint density at radius 2 is 2.09 bits per heavy atom. The van der Waals surface area contributed by atoms with Gasteiger partial charge >= 0.3 is 0 Å². The Kier molecular flexibility index (Phi) is 4.23. The first-order valence-corrected chi connectivity index (χ1v) is 9.80. The molecule has 1 aliphatic heterocycles. The minimum absolute atomic E-state index is 0.0959. The molecule has 0 radical (unpaired) electrons. The van der Waals surface area contributed by atoms with Crippen molar-refractivity contribution < 1.29 is 13.2 Å². The van der Waals surface area contributed by atoms with Crippen molar-refractivity contribution in [2.24, 2.45) is 5.92 Å². The van der Waals surface area contributed by atoms with Crippen LogP contribution in [0, 0.1) is 5.92 Å². The first-order chi connectivity index (χ1) is 10.8. The Labute approximate surface area is 138 Å². The van der Waals surface area contributed by atoms with E-state index in [1.54, 1.807) is 18.2 Å². The highest BCUT2D eigenvalue weighted by atomic mass is 32.2. The first kappa shape index (κ1) is 16.5. The summed E-state index contributed by atoms with van der Waals surface area (Å²) in [6.45, 7) is 5.81. The first-order valence-electron chi connectivity index (χ1n) is 8.31. The molecule has 1 N–H and O–H groups in total. The van der Waals surface area contributed by atoms with Gasteiger partial charge in [0.15, 0.2) is 0 Å². The van der Waals surface area contributed by atoms with E-state index in [0.29, 0.717) is 6.42 Å². The van der Waals surface area contributed by atoms with E-state index in [0.717, 1.165) is 30.5 Å². The van der Waals surface area contributed by atoms with Crippen molar-refractivity contribution in [3.63, 3.8) is 0 Å². The van der Waals surface area contributed by atoms with Gasteiger partial charge in [0.05, 0.1) is 4.90 Å². The molecule has 0 unspecified atom stereocenters. The van der Waals surface area contributed by atoms with E-state index in [1.807, 2.05) is 25.7 Å². The van der Waals surface area contributed by atoms with E-state index in [-0.39, 0.29) is 28.8 Å². The number of benzene rings is 1. The molecule has 3 rings (SSSR count). The van der Waals surface area contributed by atoms with Crippen LogP contribution in [0.1, 0.15) is 45.6 Å². The number of nitrogens with one attached hydrogen (secondary N) is 1. The molecule has 0 spiro atoms. The molecule has 1 amide bonds. The van der Waals surface area contributed by atoms with Gasteiger partial charge < -0.3 is 4.90 Å². The minimum atomic E-state index is -3.51. The van der Waals surface area contributed by atoms with E-state index < -0.39 is 10.0 Å². The average Bonchev–Trinajstić information content (AvgIpc) is 3.28. The van der Waals surface area contributed by atoms with Crippen LogP contribution in [-0.2, 0) is 21.2 Å². The zero-order chi connectivity index (χ0) is 16.8. The molecule has 1 aromatic rings. The molecule has 126 valence electrons. The van der Waals surface area contributed by atoms with E-state index in [2.05, 4.69) is 4.72 Å². The molecule has 0 saturated heterocycles. The molecule has 2 atom stereocenters. The lowest BCUT2D eigenvalue weighted by atomic mass is 10.1. The molecule has 1 heterocycles. The smallest absolute Gasteiger partial charge is 0.240 e. The molecule has 1 fully saturated rings. The number of hydrogen-bond acceptors (Lipinski definition) is 3. The summed E-state index contributed by atoms with van der Waals surface area (Å²) in [5.41, 5.74) is 1.82. The van der Waals surface area contributed by atoms with Crippen molar-refractivity contribution in [1.82, 2.24) is 4.72 Å². The maximum Gasteiger partial charge on any atom is 0.240 e. The quantitative estimate of drug-likeness (QED) is 0.898. The number of anilines is 1. The number of hydrogen-bond donors (Lipinski definition) is 1. The summed E-state index contributed by atoms with van der Waals surface area (Å²) in [4.78, 5) is 14.6. The minimum Gasteiger partial charge on any atom is -0.309 e. The molecule has 6 heteroatoms. The van der Waals surface area contributed by atoms with Crippen LogP contribution in [0.15, 0.2) is 23.1 Å². The molecule has 1 aromatic carbocycles. The van der Waals surface area contributed by atoms with Gasteiger partial charge in [0, 0.05) is 23.7 Å². The fourth-order valence-electron chi connectivity index (χ4n) is 3.05. The Balaban J connectivity index is 1.89. The van der Waals surface area contributed by atoms with Crippen LogP contribution >= 0.6 is 0 Å².